The molecule has 1 saturated heterocycles. The highest BCUT2D eigenvalue weighted by Crippen LogP contribution is 2.34. The molecule has 0 spiro atoms. The summed E-state index contributed by atoms with van der Waals surface area (Å²) in [6.45, 7) is 0. The summed E-state index contributed by atoms with van der Waals surface area (Å²) in [4.78, 5) is 23.5. The second-order valence-electron chi connectivity index (χ2n) is 4.95. The van der Waals surface area contributed by atoms with Crippen molar-refractivity contribution in [2.24, 2.45) is 0 Å². The van der Waals surface area contributed by atoms with Crippen molar-refractivity contribution in [2.45, 2.75) is 0 Å². The fourth-order valence-electron chi connectivity index (χ4n) is 2.12. The molecule has 1 aliphatic rings. The first-order chi connectivity index (χ1) is 12.0. The van der Waals surface area contributed by atoms with E-state index in [4.69, 9.17) is 23.8 Å². The van der Waals surface area contributed by atoms with Gasteiger partial charge in [0.05, 0.1) is 9.83 Å². The Bertz CT molecular complexity index is 900. The molecule has 6 nitrogen and oxygen atoms in total. The molecule has 1 heterocycles. The Hall–Kier alpha value is -2.42. The SMILES string of the molecule is O=C1/C(=C\c2ccc(Cl)cc2)SC(=S)N1Nc1ccccc1[N+](=O)[O-]. The van der Waals surface area contributed by atoms with Gasteiger partial charge in [0.2, 0.25) is 0 Å². The van der Waals surface area contributed by atoms with E-state index in [1.165, 1.54) is 12.1 Å². The Labute approximate surface area is 157 Å². The highest BCUT2D eigenvalue weighted by atomic mass is 35.5. The fourth-order valence-corrected chi connectivity index (χ4v) is 3.43. The number of nitrogens with zero attached hydrogens (tertiary/aromatic N) is 2. The van der Waals surface area contributed by atoms with Crippen LogP contribution in [0, 0.1) is 10.1 Å². The number of hydrazine groups is 1. The predicted octanol–water partition coefficient (Wildman–Crippen LogP) is 4.48. The molecule has 0 aliphatic carbocycles. The number of benzene rings is 2. The quantitative estimate of drug-likeness (QED) is 0.358. The van der Waals surface area contributed by atoms with Crippen LogP contribution in [0.25, 0.3) is 6.08 Å². The number of nitrogens with one attached hydrogen (secondary N) is 1. The average Bonchev–Trinajstić information content (AvgIpc) is 2.85. The summed E-state index contributed by atoms with van der Waals surface area (Å²) >= 11 is 12.2. The molecular formula is C16H10ClN3O3S2. The number of thiocarbonyl (C=S) groups is 1. The third-order valence-corrected chi connectivity index (χ3v) is 4.85. The minimum Gasteiger partial charge on any atom is -0.283 e. The number of thioether (sulfide) groups is 1. The lowest BCUT2D eigenvalue weighted by atomic mass is 10.2. The smallest absolute Gasteiger partial charge is 0.283 e. The molecule has 1 fully saturated rings. The Morgan fingerprint density at radius 3 is 2.56 bits per heavy atom. The predicted molar refractivity (Wildman–Crippen MR) is 103 cm³/mol. The van der Waals surface area contributed by atoms with E-state index in [-0.39, 0.29) is 21.6 Å². The summed E-state index contributed by atoms with van der Waals surface area (Å²) in [6.07, 6.45) is 1.69. The number of hydrogen-bond donors (Lipinski definition) is 1. The lowest BCUT2D eigenvalue weighted by molar-refractivity contribution is -0.384. The van der Waals surface area contributed by atoms with Crippen LogP contribution in [0.1, 0.15) is 5.56 Å². The maximum Gasteiger partial charge on any atom is 0.294 e. The van der Waals surface area contributed by atoms with Gasteiger partial charge in [-0.2, -0.15) is 0 Å². The zero-order valence-electron chi connectivity index (χ0n) is 12.5. The third-order valence-electron chi connectivity index (χ3n) is 3.29. The number of carbonyl (C=O) groups excluding carboxylic acids is 1. The zero-order chi connectivity index (χ0) is 18.0. The first kappa shape index (κ1) is 17.4. The maximum atomic E-state index is 12.6. The topological polar surface area (TPSA) is 75.5 Å². The zero-order valence-corrected chi connectivity index (χ0v) is 14.9. The fraction of sp³-hybridized carbons (Fsp3) is 0. The lowest BCUT2D eigenvalue weighted by Crippen LogP contribution is -2.34. The third kappa shape index (κ3) is 3.81. The number of nitro groups is 1. The van der Waals surface area contributed by atoms with Gasteiger partial charge in [0.15, 0.2) is 4.32 Å². The number of nitro benzene ring substituents is 1. The summed E-state index contributed by atoms with van der Waals surface area (Å²) in [5, 5.41) is 12.8. The number of rotatable bonds is 4. The van der Waals surface area contributed by atoms with E-state index in [1.807, 2.05) is 0 Å². The molecule has 0 atom stereocenters. The molecule has 1 aliphatic heterocycles. The molecule has 126 valence electrons. The number of hydrogen-bond acceptors (Lipinski definition) is 6. The molecule has 25 heavy (non-hydrogen) atoms. The summed E-state index contributed by atoms with van der Waals surface area (Å²) in [5.74, 6) is -0.372. The molecule has 0 aromatic heterocycles. The van der Waals surface area contributed by atoms with Crippen LogP contribution in [0.15, 0.2) is 53.4 Å². The van der Waals surface area contributed by atoms with Crippen molar-refractivity contribution < 1.29 is 9.72 Å². The molecule has 0 saturated carbocycles. The van der Waals surface area contributed by atoms with Gasteiger partial charge in [-0.05, 0) is 42.1 Å². The standard InChI is InChI=1S/C16H10ClN3O3S2/c17-11-7-5-10(6-8-11)9-14-15(21)19(16(24)25-14)18-12-3-1-2-4-13(12)20(22)23/h1-9,18H/b14-9+. The summed E-state index contributed by atoms with van der Waals surface area (Å²) in [6, 6.07) is 13.1. The molecule has 0 bridgehead atoms. The van der Waals surface area contributed by atoms with Crippen molar-refractivity contribution >= 4 is 63.3 Å². The lowest BCUT2D eigenvalue weighted by Gasteiger charge is -2.16. The molecule has 9 heteroatoms. The number of para-hydroxylation sites is 2. The normalized spacial score (nSPS) is 15.7. The number of amides is 1. The molecule has 2 aromatic rings. The van der Waals surface area contributed by atoms with Crippen molar-refractivity contribution in [3.8, 4) is 0 Å². The van der Waals surface area contributed by atoms with Gasteiger partial charge in [-0.1, -0.05) is 47.6 Å². The highest BCUT2D eigenvalue weighted by molar-refractivity contribution is 8.26. The van der Waals surface area contributed by atoms with Crippen molar-refractivity contribution in [3.05, 3.63) is 74.1 Å². The van der Waals surface area contributed by atoms with Crippen molar-refractivity contribution in [1.82, 2.24) is 5.01 Å². The van der Waals surface area contributed by atoms with Crippen LogP contribution in [0.3, 0.4) is 0 Å². The van der Waals surface area contributed by atoms with Crippen LogP contribution in [0.4, 0.5) is 11.4 Å². The Balaban J connectivity index is 1.85. The van der Waals surface area contributed by atoms with E-state index in [9.17, 15) is 14.9 Å². The summed E-state index contributed by atoms with van der Waals surface area (Å²) in [7, 11) is 0. The van der Waals surface area contributed by atoms with E-state index in [1.54, 1.807) is 42.5 Å². The summed E-state index contributed by atoms with van der Waals surface area (Å²) in [5.41, 5.74) is 3.59. The second-order valence-corrected chi connectivity index (χ2v) is 7.07. The molecule has 0 unspecified atom stereocenters. The van der Waals surface area contributed by atoms with E-state index in [0.29, 0.717) is 9.93 Å². The Morgan fingerprint density at radius 1 is 1.20 bits per heavy atom. The highest BCUT2D eigenvalue weighted by Gasteiger charge is 2.33. The molecule has 1 amide bonds. The van der Waals surface area contributed by atoms with Gasteiger partial charge >= 0.3 is 0 Å². The van der Waals surface area contributed by atoms with Crippen LogP contribution in [0.2, 0.25) is 5.02 Å². The van der Waals surface area contributed by atoms with E-state index >= 15 is 0 Å². The van der Waals surface area contributed by atoms with Gasteiger partial charge in [-0.25, -0.2) is 5.01 Å². The number of anilines is 1. The minimum atomic E-state index is -0.524. The van der Waals surface area contributed by atoms with Crippen LogP contribution < -0.4 is 5.43 Å². The van der Waals surface area contributed by atoms with E-state index in [2.05, 4.69) is 5.43 Å². The van der Waals surface area contributed by atoms with Gasteiger partial charge in [0, 0.05) is 11.1 Å². The maximum absolute atomic E-state index is 12.6. The Morgan fingerprint density at radius 2 is 1.88 bits per heavy atom. The van der Waals surface area contributed by atoms with Crippen molar-refractivity contribution in [3.63, 3.8) is 0 Å². The van der Waals surface area contributed by atoms with Crippen LogP contribution in [-0.4, -0.2) is 20.2 Å². The molecule has 2 aromatic carbocycles. The van der Waals surface area contributed by atoms with Gasteiger partial charge in [0.25, 0.3) is 11.6 Å². The van der Waals surface area contributed by atoms with Gasteiger partial charge in [0.1, 0.15) is 5.69 Å². The second kappa shape index (κ2) is 7.22. The van der Waals surface area contributed by atoms with E-state index in [0.717, 1.165) is 22.3 Å². The van der Waals surface area contributed by atoms with Crippen molar-refractivity contribution in [1.29, 1.82) is 0 Å². The van der Waals surface area contributed by atoms with Gasteiger partial charge < -0.3 is 0 Å². The molecular weight excluding hydrogens is 382 g/mol. The Kier molecular flexibility index (Phi) is 5.03. The minimum absolute atomic E-state index is 0.141. The van der Waals surface area contributed by atoms with Gasteiger partial charge in [-0.15, -0.1) is 0 Å². The summed E-state index contributed by atoms with van der Waals surface area (Å²) < 4.78 is 0.267. The molecule has 1 N–H and O–H groups in total. The van der Waals surface area contributed by atoms with Crippen LogP contribution >= 0.6 is 35.6 Å². The monoisotopic (exact) mass is 391 g/mol. The van der Waals surface area contributed by atoms with E-state index < -0.39 is 4.92 Å². The first-order valence-electron chi connectivity index (χ1n) is 6.99. The first-order valence-corrected chi connectivity index (χ1v) is 8.59. The van der Waals surface area contributed by atoms with Gasteiger partial charge in [-0.3, -0.25) is 20.3 Å². The van der Waals surface area contributed by atoms with Crippen LogP contribution in [0.5, 0.6) is 0 Å². The van der Waals surface area contributed by atoms with Crippen LogP contribution in [-0.2, 0) is 4.79 Å². The number of carbonyl (C=O) groups is 1. The largest absolute Gasteiger partial charge is 0.294 e. The molecule has 3 rings (SSSR count). The average molecular weight is 392 g/mol. The number of halogens is 1. The molecule has 0 radical (unpaired) electrons. The van der Waals surface area contributed by atoms with Crippen molar-refractivity contribution in [2.75, 3.05) is 5.43 Å².